The first-order valence-electron chi connectivity index (χ1n) is 4.28. The van der Waals surface area contributed by atoms with Crippen molar-refractivity contribution in [2.45, 2.75) is 6.04 Å². The molecule has 1 aromatic carbocycles. The normalized spacial score (nSPS) is 12.9. The van der Waals surface area contributed by atoms with Crippen LogP contribution in [-0.2, 0) is 4.79 Å². The summed E-state index contributed by atoms with van der Waals surface area (Å²) in [7, 11) is 3.55. The average molecular weight is 214 g/mol. The molecule has 0 aliphatic rings. The minimum Gasteiger partial charge on any atom is -0.544 e. The number of rotatable bonds is 3. The number of halogens is 1. The summed E-state index contributed by atoms with van der Waals surface area (Å²) in [6, 6.07) is 6.11. The van der Waals surface area contributed by atoms with Crippen molar-refractivity contribution in [2.24, 2.45) is 0 Å². The zero-order chi connectivity index (χ0) is 10.7. The zero-order valence-corrected chi connectivity index (χ0v) is 8.84. The molecule has 0 heterocycles. The fraction of sp³-hybridized carbons (Fsp3) is 0.300. The lowest BCUT2D eigenvalue weighted by atomic mass is 10.1. The third-order valence-electron chi connectivity index (χ3n) is 2.02. The van der Waals surface area contributed by atoms with Gasteiger partial charge >= 0.3 is 0 Å². The van der Waals surface area contributed by atoms with Crippen LogP contribution >= 0.6 is 11.6 Å². The molecule has 0 saturated carbocycles. The van der Waals surface area contributed by atoms with Crippen LogP contribution < -0.4 is 10.0 Å². The maximum atomic E-state index is 10.9. The fourth-order valence-corrected chi connectivity index (χ4v) is 1.49. The molecule has 0 aliphatic heterocycles. The highest BCUT2D eigenvalue weighted by Crippen LogP contribution is 2.13. The Bertz CT molecular complexity index is 321. The third-order valence-corrected chi connectivity index (χ3v) is 2.27. The predicted molar refractivity (Wildman–Crippen MR) is 52.0 cm³/mol. The molecule has 4 heteroatoms. The van der Waals surface area contributed by atoms with Crippen molar-refractivity contribution in [3.63, 3.8) is 0 Å². The van der Waals surface area contributed by atoms with Gasteiger partial charge in [-0.15, -0.1) is 0 Å². The van der Waals surface area contributed by atoms with E-state index in [2.05, 4.69) is 0 Å². The molecule has 76 valence electrons. The minimum atomic E-state index is -1.08. The number of nitrogens with one attached hydrogen (secondary N) is 1. The van der Waals surface area contributed by atoms with Crippen molar-refractivity contribution in [3.05, 3.63) is 34.9 Å². The van der Waals surface area contributed by atoms with Crippen molar-refractivity contribution in [3.8, 4) is 0 Å². The number of quaternary nitrogens is 1. The summed E-state index contributed by atoms with van der Waals surface area (Å²) >= 11 is 5.71. The number of carboxylic acids is 1. The molecule has 1 aromatic rings. The van der Waals surface area contributed by atoms with Gasteiger partial charge in [-0.3, -0.25) is 0 Å². The maximum Gasteiger partial charge on any atom is 0.153 e. The van der Waals surface area contributed by atoms with Crippen molar-refractivity contribution >= 4 is 17.6 Å². The first-order valence-corrected chi connectivity index (χ1v) is 4.66. The molecule has 1 atom stereocenters. The minimum absolute atomic E-state index is 0.597. The fourth-order valence-electron chi connectivity index (χ4n) is 1.36. The van der Waals surface area contributed by atoms with Crippen LogP contribution in [0.1, 0.15) is 11.6 Å². The number of hydrogen-bond acceptors (Lipinski definition) is 2. The summed E-state index contributed by atoms with van der Waals surface area (Å²) in [6.07, 6.45) is 0. The molecule has 0 aliphatic carbocycles. The Labute approximate surface area is 87.9 Å². The van der Waals surface area contributed by atoms with Gasteiger partial charge in [0.15, 0.2) is 6.04 Å². The van der Waals surface area contributed by atoms with Crippen LogP contribution in [-0.4, -0.2) is 20.1 Å². The van der Waals surface area contributed by atoms with Crippen LogP contribution in [0.4, 0.5) is 0 Å². The Hall–Kier alpha value is -1.06. The summed E-state index contributed by atoms with van der Waals surface area (Å²) in [5.74, 6) is -1.08. The number of aliphatic carboxylic acids is 1. The van der Waals surface area contributed by atoms with Gasteiger partial charge in [0.2, 0.25) is 0 Å². The molecule has 0 aromatic heterocycles. The van der Waals surface area contributed by atoms with E-state index < -0.39 is 12.0 Å². The van der Waals surface area contributed by atoms with E-state index in [1.54, 1.807) is 38.4 Å². The zero-order valence-electron chi connectivity index (χ0n) is 8.08. The molecule has 14 heavy (non-hydrogen) atoms. The highest BCUT2D eigenvalue weighted by molar-refractivity contribution is 6.30. The SMILES string of the molecule is C[NH+](C)[C@H](C(=O)[O-])c1ccc(Cl)cc1. The van der Waals surface area contributed by atoms with Gasteiger partial charge in [-0.2, -0.15) is 0 Å². The Balaban J connectivity index is 3.00. The van der Waals surface area contributed by atoms with Crippen LogP contribution in [0.25, 0.3) is 0 Å². The molecule has 0 amide bonds. The molecular formula is C10H12ClNO2. The summed E-state index contributed by atoms with van der Waals surface area (Å²) in [4.78, 5) is 11.7. The molecule has 0 radical (unpaired) electrons. The monoisotopic (exact) mass is 213 g/mol. The van der Waals surface area contributed by atoms with Crippen LogP contribution in [0.15, 0.2) is 24.3 Å². The number of carbonyl (C=O) groups excluding carboxylic acids is 1. The lowest BCUT2D eigenvalue weighted by molar-refractivity contribution is -0.885. The molecular weight excluding hydrogens is 202 g/mol. The van der Waals surface area contributed by atoms with Crippen LogP contribution in [0.3, 0.4) is 0 Å². The molecule has 0 saturated heterocycles. The number of carboxylic acid groups (broad SMARTS) is 1. The van der Waals surface area contributed by atoms with E-state index in [9.17, 15) is 9.90 Å². The number of carbonyl (C=O) groups is 1. The second kappa shape index (κ2) is 4.44. The Kier molecular flexibility index (Phi) is 3.49. The predicted octanol–water partition coefficient (Wildman–Crippen LogP) is -0.724. The van der Waals surface area contributed by atoms with E-state index in [0.717, 1.165) is 4.90 Å². The lowest BCUT2D eigenvalue weighted by Gasteiger charge is -2.22. The van der Waals surface area contributed by atoms with Gasteiger partial charge in [0.1, 0.15) is 5.97 Å². The third kappa shape index (κ3) is 2.47. The topological polar surface area (TPSA) is 44.6 Å². The van der Waals surface area contributed by atoms with Gasteiger partial charge in [0.05, 0.1) is 14.1 Å². The van der Waals surface area contributed by atoms with E-state index >= 15 is 0 Å². The number of benzene rings is 1. The molecule has 0 spiro atoms. The Morgan fingerprint density at radius 1 is 1.36 bits per heavy atom. The highest BCUT2D eigenvalue weighted by Gasteiger charge is 2.18. The van der Waals surface area contributed by atoms with Crippen molar-refractivity contribution in [1.82, 2.24) is 0 Å². The first kappa shape index (κ1) is 11.0. The quantitative estimate of drug-likeness (QED) is 0.720. The van der Waals surface area contributed by atoms with Gasteiger partial charge in [-0.05, 0) is 12.1 Å². The van der Waals surface area contributed by atoms with Crippen LogP contribution in [0.5, 0.6) is 0 Å². The summed E-state index contributed by atoms with van der Waals surface area (Å²) in [5, 5.41) is 11.5. The van der Waals surface area contributed by atoms with Crippen molar-refractivity contribution < 1.29 is 14.8 Å². The highest BCUT2D eigenvalue weighted by atomic mass is 35.5. The smallest absolute Gasteiger partial charge is 0.153 e. The molecule has 0 fully saturated rings. The van der Waals surface area contributed by atoms with Gasteiger partial charge in [-0.25, -0.2) is 0 Å². The Morgan fingerprint density at radius 2 is 1.86 bits per heavy atom. The molecule has 1 rings (SSSR count). The maximum absolute atomic E-state index is 10.9. The first-order chi connectivity index (χ1) is 6.52. The second-order valence-electron chi connectivity index (χ2n) is 3.38. The standard InChI is InChI=1S/C10H12ClNO2/c1-12(2)9(10(13)14)7-3-5-8(11)6-4-7/h3-6,9H,1-2H3,(H,13,14)/t9-/m0/s1. The Morgan fingerprint density at radius 3 is 2.21 bits per heavy atom. The van der Waals surface area contributed by atoms with Crippen LogP contribution in [0.2, 0.25) is 5.02 Å². The van der Waals surface area contributed by atoms with Crippen molar-refractivity contribution in [1.29, 1.82) is 0 Å². The van der Waals surface area contributed by atoms with E-state index in [-0.39, 0.29) is 0 Å². The average Bonchev–Trinajstić information content (AvgIpc) is 2.07. The van der Waals surface area contributed by atoms with Gasteiger partial charge in [0.25, 0.3) is 0 Å². The number of likely N-dealkylation sites (N-methyl/N-ethyl adjacent to an activating group) is 1. The second-order valence-corrected chi connectivity index (χ2v) is 3.82. The van der Waals surface area contributed by atoms with Crippen molar-refractivity contribution in [2.75, 3.05) is 14.1 Å². The van der Waals surface area contributed by atoms with Gasteiger partial charge < -0.3 is 14.8 Å². The van der Waals surface area contributed by atoms with Gasteiger partial charge in [-0.1, -0.05) is 23.7 Å². The summed E-state index contributed by atoms with van der Waals surface area (Å²) in [6.45, 7) is 0. The lowest BCUT2D eigenvalue weighted by Crippen LogP contribution is -3.07. The molecule has 3 nitrogen and oxygen atoms in total. The van der Waals surface area contributed by atoms with E-state index in [1.807, 2.05) is 0 Å². The molecule has 0 unspecified atom stereocenters. The molecule has 0 bridgehead atoms. The van der Waals surface area contributed by atoms with E-state index in [1.165, 1.54) is 0 Å². The van der Waals surface area contributed by atoms with E-state index in [4.69, 9.17) is 11.6 Å². The summed E-state index contributed by atoms with van der Waals surface area (Å²) in [5.41, 5.74) is 0.703. The van der Waals surface area contributed by atoms with E-state index in [0.29, 0.717) is 10.6 Å². The largest absolute Gasteiger partial charge is 0.544 e. The summed E-state index contributed by atoms with van der Waals surface area (Å²) < 4.78 is 0. The number of hydrogen-bond donors (Lipinski definition) is 1. The van der Waals surface area contributed by atoms with Crippen LogP contribution in [0, 0.1) is 0 Å². The van der Waals surface area contributed by atoms with Gasteiger partial charge in [0, 0.05) is 10.6 Å². The molecule has 1 N–H and O–H groups in total.